The predicted molar refractivity (Wildman–Crippen MR) is 96.0 cm³/mol. The summed E-state index contributed by atoms with van der Waals surface area (Å²) in [7, 11) is -2.40. The van der Waals surface area contributed by atoms with Crippen LogP contribution in [0.3, 0.4) is 0 Å². The number of carbonyl (C=O) groups excluding carboxylic acids is 2. The van der Waals surface area contributed by atoms with E-state index in [9.17, 15) is 18.0 Å². The highest BCUT2D eigenvalue weighted by Gasteiger charge is 2.21. The minimum absolute atomic E-state index is 0.0479. The standard InChI is InChI=1S/C17H16BrNO5S/c1-11(16(20)12-6-8-14(18)9-7-12)24-17(21)13-4-3-5-15(10-13)25(22,23)19-2/h3-11,19H,1-2H3/t11-/m0/s1. The summed E-state index contributed by atoms with van der Waals surface area (Å²) in [4.78, 5) is 24.5. The van der Waals surface area contributed by atoms with E-state index in [0.717, 1.165) is 4.47 Å². The first-order valence-electron chi connectivity index (χ1n) is 7.29. The Kier molecular flexibility index (Phi) is 6.10. The van der Waals surface area contributed by atoms with E-state index < -0.39 is 22.1 Å². The van der Waals surface area contributed by atoms with Crippen LogP contribution in [-0.4, -0.2) is 33.3 Å². The molecule has 0 aromatic heterocycles. The van der Waals surface area contributed by atoms with E-state index in [1.54, 1.807) is 24.3 Å². The van der Waals surface area contributed by atoms with E-state index in [1.807, 2.05) is 0 Å². The lowest BCUT2D eigenvalue weighted by atomic mass is 10.1. The quantitative estimate of drug-likeness (QED) is 0.567. The van der Waals surface area contributed by atoms with Crippen molar-refractivity contribution in [2.24, 2.45) is 0 Å². The zero-order valence-corrected chi connectivity index (χ0v) is 15.9. The average molecular weight is 426 g/mol. The summed E-state index contributed by atoms with van der Waals surface area (Å²) in [6.45, 7) is 1.47. The molecule has 2 aromatic carbocycles. The topological polar surface area (TPSA) is 89.5 Å². The Balaban J connectivity index is 2.15. The van der Waals surface area contributed by atoms with Gasteiger partial charge in [-0.05, 0) is 44.3 Å². The Morgan fingerprint density at radius 2 is 1.72 bits per heavy atom. The number of benzene rings is 2. The van der Waals surface area contributed by atoms with Gasteiger partial charge < -0.3 is 4.74 Å². The maximum absolute atomic E-state index is 12.3. The molecule has 6 nitrogen and oxygen atoms in total. The zero-order valence-electron chi connectivity index (χ0n) is 13.5. The van der Waals surface area contributed by atoms with Gasteiger partial charge in [0.05, 0.1) is 10.5 Å². The summed E-state index contributed by atoms with van der Waals surface area (Å²) in [6.07, 6.45) is -1.00. The van der Waals surface area contributed by atoms with Crippen LogP contribution in [0, 0.1) is 0 Å². The van der Waals surface area contributed by atoms with E-state index in [1.165, 1.54) is 38.2 Å². The van der Waals surface area contributed by atoms with Crippen molar-refractivity contribution in [2.75, 3.05) is 7.05 Å². The molecule has 0 saturated carbocycles. The Bertz CT molecular complexity index is 894. The van der Waals surface area contributed by atoms with Crippen LogP contribution in [0.15, 0.2) is 57.9 Å². The summed E-state index contributed by atoms with van der Waals surface area (Å²) in [5.74, 6) is -1.12. The molecule has 0 amide bonds. The molecule has 0 bridgehead atoms. The molecule has 132 valence electrons. The van der Waals surface area contributed by atoms with Gasteiger partial charge in [0.2, 0.25) is 15.8 Å². The lowest BCUT2D eigenvalue weighted by molar-refractivity contribution is 0.0318. The lowest BCUT2D eigenvalue weighted by Crippen LogP contribution is -2.25. The smallest absolute Gasteiger partial charge is 0.338 e. The van der Waals surface area contributed by atoms with Gasteiger partial charge in [-0.15, -0.1) is 0 Å². The fourth-order valence-corrected chi connectivity index (χ4v) is 3.08. The number of rotatable bonds is 6. The second-order valence-corrected chi connectivity index (χ2v) is 7.96. The number of sulfonamides is 1. The molecule has 1 atom stereocenters. The van der Waals surface area contributed by atoms with Gasteiger partial charge in [0, 0.05) is 10.0 Å². The molecule has 0 aliphatic heterocycles. The first kappa shape index (κ1) is 19.3. The number of halogens is 1. The molecular weight excluding hydrogens is 410 g/mol. The molecule has 0 unspecified atom stereocenters. The van der Waals surface area contributed by atoms with Crippen molar-refractivity contribution in [3.63, 3.8) is 0 Å². The first-order chi connectivity index (χ1) is 11.7. The van der Waals surface area contributed by atoms with Crippen LogP contribution in [0.5, 0.6) is 0 Å². The molecule has 0 saturated heterocycles. The molecular formula is C17H16BrNO5S. The van der Waals surface area contributed by atoms with Gasteiger partial charge in [0.15, 0.2) is 6.10 Å². The van der Waals surface area contributed by atoms with Crippen LogP contribution >= 0.6 is 15.9 Å². The van der Waals surface area contributed by atoms with Crippen molar-refractivity contribution in [1.29, 1.82) is 0 Å². The lowest BCUT2D eigenvalue weighted by Gasteiger charge is -2.13. The van der Waals surface area contributed by atoms with Gasteiger partial charge in [0.1, 0.15) is 0 Å². The van der Waals surface area contributed by atoms with Crippen LogP contribution in [0.4, 0.5) is 0 Å². The molecule has 2 aromatic rings. The number of esters is 1. The molecule has 8 heteroatoms. The second kappa shape index (κ2) is 7.90. The molecule has 0 aliphatic rings. The minimum Gasteiger partial charge on any atom is -0.451 e. The predicted octanol–water partition coefficient (Wildman–Crippen LogP) is 2.79. The SMILES string of the molecule is CNS(=O)(=O)c1cccc(C(=O)O[C@@H](C)C(=O)c2ccc(Br)cc2)c1. The summed E-state index contributed by atoms with van der Waals surface area (Å²) in [5.41, 5.74) is 0.460. The third kappa shape index (κ3) is 4.75. The van der Waals surface area contributed by atoms with Gasteiger partial charge in [-0.25, -0.2) is 17.9 Å². The van der Waals surface area contributed by atoms with Gasteiger partial charge in [-0.3, -0.25) is 4.79 Å². The summed E-state index contributed by atoms with van der Waals surface area (Å²) in [5, 5.41) is 0. The Morgan fingerprint density at radius 3 is 2.32 bits per heavy atom. The Morgan fingerprint density at radius 1 is 1.08 bits per heavy atom. The van der Waals surface area contributed by atoms with Crippen molar-refractivity contribution in [3.8, 4) is 0 Å². The summed E-state index contributed by atoms with van der Waals surface area (Å²) in [6, 6.07) is 12.1. The van der Waals surface area contributed by atoms with Gasteiger partial charge in [-0.1, -0.05) is 34.1 Å². The highest BCUT2D eigenvalue weighted by Crippen LogP contribution is 2.16. The maximum atomic E-state index is 12.3. The Labute approximate surface area is 154 Å². The first-order valence-corrected chi connectivity index (χ1v) is 9.56. The third-order valence-electron chi connectivity index (χ3n) is 3.43. The van der Waals surface area contributed by atoms with Crippen LogP contribution < -0.4 is 4.72 Å². The summed E-state index contributed by atoms with van der Waals surface area (Å²) < 4.78 is 31.8. The van der Waals surface area contributed by atoms with E-state index in [0.29, 0.717) is 5.56 Å². The van der Waals surface area contributed by atoms with Crippen LogP contribution in [0.25, 0.3) is 0 Å². The molecule has 0 heterocycles. The van der Waals surface area contributed by atoms with Gasteiger partial charge in [0.25, 0.3) is 0 Å². The molecule has 25 heavy (non-hydrogen) atoms. The zero-order chi connectivity index (χ0) is 18.6. The normalized spacial score (nSPS) is 12.4. The van der Waals surface area contributed by atoms with Crippen molar-refractivity contribution in [2.45, 2.75) is 17.9 Å². The van der Waals surface area contributed by atoms with Crippen LogP contribution in [-0.2, 0) is 14.8 Å². The molecule has 1 N–H and O–H groups in total. The number of hydrogen-bond acceptors (Lipinski definition) is 5. The molecule has 0 radical (unpaired) electrons. The molecule has 0 fully saturated rings. The largest absolute Gasteiger partial charge is 0.451 e. The fourth-order valence-electron chi connectivity index (χ4n) is 2.04. The molecule has 0 aliphatic carbocycles. The average Bonchev–Trinajstić information content (AvgIpc) is 2.61. The number of ketones is 1. The highest BCUT2D eigenvalue weighted by atomic mass is 79.9. The van der Waals surface area contributed by atoms with E-state index in [2.05, 4.69) is 20.7 Å². The van der Waals surface area contributed by atoms with Crippen LogP contribution in [0.1, 0.15) is 27.6 Å². The highest BCUT2D eigenvalue weighted by molar-refractivity contribution is 9.10. The van der Waals surface area contributed by atoms with E-state index in [-0.39, 0.29) is 16.2 Å². The van der Waals surface area contributed by atoms with Crippen molar-refractivity contribution < 1.29 is 22.7 Å². The second-order valence-electron chi connectivity index (χ2n) is 5.15. The van der Waals surface area contributed by atoms with E-state index >= 15 is 0 Å². The van der Waals surface area contributed by atoms with Crippen molar-refractivity contribution >= 4 is 37.7 Å². The minimum atomic E-state index is -3.68. The van der Waals surface area contributed by atoms with Gasteiger partial charge >= 0.3 is 5.97 Å². The van der Waals surface area contributed by atoms with Crippen molar-refractivity contribution in [1.82, 2.24) is 4.72 Å². The molecule has 2 rings (SSSR count). The number of carbonyl (C=O) groups is 2. The number of nitrogens with one attached hydrogen (secondary N) is 1. The van der Waals surface area contributed by atoms with Crippen molar-refractivity contribution in [3.05, 3.63) is 64.1 Å². The van der Waals surface area contributed by atoms with Gasteiger partial charge in [-0.2, -0.15) is 0 Å². The number of Topliss-reactive ketones (excluding diaryl/α,β-unsaturated/α-hetero) is 1. The van der Waals surface area contributed by atoms with Crippen LogP contribution in [0.2, 0.25) is 0 Å². The third-order valence-corrected chi connectivity index (χ3v) is 5.37. The number of hydrogen-bond donors (Lipinski definition) is 1. The molecule has 0 spiro atoms. The monoisotopic (exact) mass is 425 g/mol. The maximum Gasteiger partial charge on any atom is 0.338 e. The van der Waals surface area contributed by atoms with E-state index in [4.69, 9.17) is 4.74 Å². The summed E-state index contributed by atoms with van der Waals surface area (Å²) >= 11 is 3.28. The fraction of sp³-hybridized carbons (Fsp3) is 0.176. The number of ether oxygens (including phenoxy) is 1. The Hall–Kier alpha value is -2.03.